The number of rotatable bonds is 3. The summed E-state index contributed by atoms with van der Waals surface area (Å²) in [6.07, 6.45) is -0.479. The number of methoxy groups -OCH3 is 2. The second-order valence-corrected chi connectivity index (χ2v) is 3.56. The van der Waals surface area contributed by atoms with Gasteiger partial charge < -0.3 is 24.6 Å². The molecule has 1 saturated heterocycles. The molecule has 1 aromatic rings. The maximum Gasteiger partial charge on any atom is 0.407 e. The normalized spacial score (nSPS) is 17.4. The summed E-state index contributed by atoms with van der Waals surface area (Å²) < 4.78 is 15.2. The van der Waals surface area contributed by atoms with E-state index in [1.165, 1.54) is 26.4 Å². The summed E-state index contributed by atoms with van der Waals surface area (Å²) in [7, 11) is 2.96. The first kappa shape index (κ1) is 14.2. The number of aromatic hydroxyl groups is 1. The SMILES string of the molecule is COc1cc(O)cc(OC)c1[C@@H]1COC(=O)N1.Cl. The summed E-state index contributed by atoms with van der Waals surface area (Å²) in [6, 6.07) is 2.58. The Morgan fingerprint density at radius 1 is 1.33 bits per heavy atom. The zero-order chi connectivity index (χ0) is 12.4. The average molecular weight is 276 g/mol. The molecule has 1 heterocycles. The molecule has 7 heteroatoms. The molecule has 1 atom stereocenters. The lowest BCUT2D eigenvalue weighted by Gasteiger charge is -2.17. The van der Waals surface area contributed by atoms with E-state index >= 15 is 0 Å². The molecule has 6 nitrogen and oxygen atoms in total. The Labute approximate surface area is 110 Å². The predicted octanol–water partition coefficient (Wildman–Crippen LogP) is 1.61. The first-order valence-electron chi connectivity index (χ1n) is 5.04. The predicted molar refractivity (Wildman–Crippen MR) is 65.7 cm³/mol. The van der Waals surface area contributed by atoms with Crippen LogP contribution in [-0.2, 0) is 4.74 Å². The molecule has 1 amide bonds. The van der Waals surface area contributed by atoms with Crippen molar-refractivity contribution in [1.82, 2.24) is 5.32 Å². The Balaban J connectivity index is 0.00000162. The van der Waals surface area contributed by atoms with E-state index in [1.807, 2.05) is 0 Å². The van der Waals surface area contributed by atoms with E-state index in [0.717, 1.165) is 0 Å². The molecule has 0 unspecified atom stereocenters. The molecule has 18 heavy (non-hydrogen) atoms. The minimum Gasteiger partial charge on any atom is -0.508 e. The third kappa shape index (κ3) is 2.53. The van der Waals surface area contributed by atoms with Crippen LogP contribution < -0.4 is 14.8 Å². The molecule has 0 aromatic heterocycles. The molecular weight excluding hydrogens is 262 g/mol. The van der Waals surface area contributed by atoms with Crippen molar-refractivity contribution in [2.24, 2.45) is 0 Å². The quantitative estimate of drug-likeness (QED) is 0.876. The number of halogens is 1. The van der Waals surface area contributed by atoms with Gasteiger partial charge in [0.25, 0.3) is 0 Å². The van der Waals surface area contributed by atoms with Gasteiger partial charge in [0, 0.05) is 12.1 Å². The molecule has 1 aliphatic heterocycles. The van der Waals surface area contributed by atoms with E-state index in [2.05, 4.69) is 5.32 Å². The number of cyclic esters (lactones) is 1. The third-order valence-electron chi connectivity index (χ3n) is 2.55. The first-order valence-corrected chi connectivity index (χ1v) is 5.04. The van der Waals surface area contributed by atoms with E-state index in [9.17, 15) is 9.90 Å². The van der Waals surface area contributed by atoms with E-state index in [4.69, 9.17) is 14.2 Å². The lowest BCUT2D eigenvalue weighted by Crippen LogP contribution is -2.19. The van der Waals surface area contributed by atoms with Crippen LogP contribution in [0.3, 0.4) is 0 Å². The number of ether oxygens (including phenoxy) is 3. The zero-order valence-corrected chi connectivity index (χ0v) is 10.7. The second kappa shape index (κ2) is 5.68. The molecule has 0 spiro atoms. The fourth-order valence-electron chi connectivity index (χ4n) is 1.81. The summed E-state index contributed by atoms with van der Waals surface area (Å²) in [6.45, 7) is 0.205. The average Bonchev–Trinajstić information content (AvgIpc) is 2.74. The van der Waals surface area contributed by atoms with Crippen molar-refractivity contribution in [1.29, 1.82) is 0 Å². The summed E-state index contributed by atoms with van der Waals surface area (Å²) in [4.78, 5) is 11.0. The summed E-state index contributed by atoms with van der Waals surface area (Å²) in [5.74, 6) is 0.919. The zero-order valence-electron chi connectivity index (χ0n) is 9.93. The number of hydrogen-bond donors (Lipinski definition) is 2. The number of hydrogen-bond acceptors (Lipinski definition) is 5. The Bertz CT molecular complexity index is 426. The number of nitrogens with one attached hydrogen (secondary N) is 1. The van der Waals surface area contributed by atoms with Crippen molar-refractivity contribution < 1.29 is 24.1 Å². The van der Waals surface area contributed by atoms with Crippen molar-refractivity contribution in [3.8, 4) is 17.2 Å². The number of amides is 1. The number of carbonyl (C=O) groups is 1. The van der Waals surface area contributed by atoms with Crippen LogP contribution in [0, 0.1) is 0 Å². The first-order chi connectivity index (χ1) is 8.15. The summed E-state index contributed by atoms with van der Waals surface area (Å²) in [5, 5.41) is 12.1. The minimum absolute atomic E-state index is 0. The molecule has 2 rings (SSSR count). The van der Waals surface area contributed by atoms with Gasteiger partial charge in [0.05, 0.1) is 25.8 Å². The highest BCUT2D eigenvalue weighted by atomic mass is 35.5. The maximum atomic E-state index is 11.0. The van der Waals surface area contributed by atoms with Crippen LogP contribution in [0.25, 0.3) is 0 Å². The van der Waals surface area contributed by atoms with Gasteiger partial charge in [-0.1, -0.05) is 0 Å². The van der Waals surface area contributed by atoms with E-state index in [1.54, 1.807) is 0 Å². The Morgan fingerprint density at radius 2 is 1.89 bits per heavy atom. The largest absolute Gasteiger partial charge is 0.508 e. The molecule has 0 aliphatic carbocycles. The van der Waals surface area contributed by atoms with Crippen molar-refractivity contribution >= 4 is 18.5 Å². The monoisotopic (exact) mass is 275 g/mol. The topological polar surface area (TPSA) is 77.0 Å². The van der Waals surface area contributed by atoms with E-state index < -0.39 is 6.09 Å². The van der Waals surface area contributed by atoms with Crippen LogP contribution in [0.2, 0.25) is 0 Å². The molecular formula is C11H14ClNO5. The van der Waals surface area contributed by atoms with Crippen LogP contribution in [0.15, 0.2) is 12.1 Å². The van der Waals surface area contributed by atoms with Gasteiger partial charge in [-0.2, -0.15) is 0 Å². The third-order valence-corrected chi connectivity index (χ3v) is 2.55. The molecule has 100 valence electrons. The van der Waals surface area contributed by atoms with Gasteiger partial charge in [-0.3, -0.25) is 0 Å². The van der Waals surface area contributed by atoms with Gasteiger partial charge in [-0.05, 0) is 0 Å². The number of phenols is 1. The van der Waals surface area contributed by atoms with Crippen LogP contribution in [0.5, 0.6) is 17.2 Å². The van der Waals surface area contributed by atoms with Crippen molar-refractivity contribution in [3.63, 3.8) is 0 Å². The molecule has 0 radical (unpaired) electrons. The number of alkyl carbamates (subject to hydrolysis) is 1. The summed E-state index contributed by atoms with van der Waals surface area (Å²) >= 11 is 0. The molecule has 1 fully saturated rings. The second-order valence-electron chi connectivity index (χ2n) is 3.56. The lowest BCUT2D eigenvalue weighted by atomic mass is 10.0. The highest BCUT2D eigenvalue weighted by Gasteiger charge is 2.29. The lowest BCUT2D eigenvalue weighted by molar-refractivity contribution is 0.176. The van der Waals surface area contributed by atoms with Gasteiger partial charge >= 0.3 is 6.09 Å². The van der Waals surface area contributed by atoms with Crippen LogP contribution in [0.4, 0.5) is 4.79 Å². The van der Waals surface area contributed by atoms with E-state index in [0.29, 0.717) is 17.1 Å². The molecule has 1 aliphatic rings. The van der Waals surface area contributed by atoms with Crippen LogP contribution in [-0.4, -0.2) is 32.0 Å². The fraction of sp³-hybridized carbons (Fsp3) is 0.364. The van der Waals surface area contributed by atoms with Crippen molar-refractivity contribution in [2.45, 2.75) is 6.04 Å². The molecule has 2 N–H and O–H groups in total. The highest BCUT2D eigenvalue weighted by molar-refractivity contribution is 5.85. The van der Waals surface area contributed by atoms with Gasteiger partial charge in [-0.25, -0.2) is 4.79 Å². The minimum atomic E-state index is -0.479. The Morgan fingerprint density at radius 3 is 2.28 bits per heavy atom. The van der Waals surface area contributed by atoms with Crippen molar-refractivity contribution in [2.75, 3.05) is 20.8 Å². The van der Waals surface area contributed by atoms with Crippen molar-refractivity contribution in [3.05, 3.63) is 17.7 Å². The Hall–Kier alpha value is -1.82. The van der Waals surface area contributed by atoms with Gasteiger partial charge in [0.2, 0.25) is 0 Å². The number of carbonyl (C=O) groups excluding carboxylic acids is 1. The van der Waals surface area contributed by atoms with Crippen LogP contribution in [0.1, 0.15) is 11.6 Å². The molecule has 0 saturated carbocycles. The summed E-state index contributed by atoms with van der Waals surface area (Å²) in [5.41, 5.74) is 0.652. The Kier molecular flexibility index (Phi) is 4.49. The van der Waals surface area contributed by atoms with Gasteiger partial charge in [0.1, 0.15) is 23.9 Å². The maximum absolute atomic E-state index is 11.0. The molecule has 1 aromatic carbocycles. The number of phenolic OH excluding ortho intramolecular Hbond substituents is 1. The van der Waals surface area contributed by atoms with Gasteiger partial charge in [-0.15, -0.1) is 12.4 Å². The standard InChI is InChI=1S/C11H13NO5.ClH/c1-15-8-3-6(13)4-9(16-2)10(8)7-5-17-11(14)12-7;/h3-4,7,13H,5H2,1-2H3,(H,12,14);1H/t7-;/m0./s1. The smallest absolute Gasteiger partial charge is 0.407 e. The fourth-order valence-corrected chi connectivity index (χ4v) is 1.81. The molecule has 0 bridgehead atoms. The van der Waals surface area contributed by atoms with Crippen LogP contribution >= 0.6 is 12.4 Å². The number of benzene rings is 1. The highest BCUT2D eigenvalue weighted by Crippen LogP contribution is 2.38. The van der Waals surface area contributed by atoms with E-state index in [-0.39, 0.29) is 30.8 Å². The van der Waals surface area contributed by atoms with Gasteiger partial charge in [0.15, 0.2) is 0 Å².